The molecule has 0 aromatic heterocycles. The lowest BCUT2D eigenvalue weighted by atomic mass is 9.85. The number of aliphatic hydroxyl groups excluding tert-OH is 1. The van der Waals surface area contributed by atoms with E-state index in [-0.39, 0.29) is 24.8 Å². The van der Waals surface area contributed by atoms with Crippen molar-refractivity contribution in [1.29, 1.82) is 0 Å². The van der Waals surface area contributed by atoms with Gasteiger partial charge in [0.15, 0.2) is 0 Å². The molecule has 1 aliphatic rings. The first-order valence-corrected chi connectivity index (χ1v) is 9.11. The number of hydrogen-bond donors (Lipinski definition) is 3. The van der Waals surface area contributed by atoms with E-state index in [9.17, 15) is 15.3 Å². The van der Waals surface area contributed by atoms with E-state index in [0.717, 1.165) is 18.7 Å². The number of benzene rings is 2. The van der Waals surface area contributed by atoms with Gasteiger partial charge in [-0.05, 0) is 42.7 Å². The second-order valence-electron chi connectivity index (χ2n) is 7.15. The van der Waals surface area contributed by atoms with Crippen LogP contribution in [0.2, 0.25) is 0 Å². The van der Waals surface area contributed by atoms with Crippen molar-refractivity contribution in [3.8, 4) is 11.5 Å². The average molecular weight is 394 g/mol. The molecular formula is C21H28ClNO4. The van der Waals surface area contributed by atoms with Crippen molar-refractivity contribution in [3.63, 3.8) is 0 Å². The van der Waals surface area contributed by atoms with Gasteiger partial charge in [0.05, 0.1) is 5.60 Å². The highest BCUT2D eigenvalue weighted by molar-refractivity contribution is 5.85. The van der Waals surface area contributed by atoms with Gasteiger partial charge in [-0.1, -0.05) is 30.3 Å². The second kappa shape index (κ2) is 9.95. The Hall–Kier alpha value is -1.79. The van der Waals surface area contributed by atoms with E-state index >= 15 is 0 Å². The third kappa shape index (κ3) is 6.70. The summed E-state index contributed by atoms with van der Waals surface area (Å²) < 4.78 is 5.55. The molecule has 2 aromatic carbocycles. The second-order valence-corrected chi connectivity index (χ2v) is 7.15. The summed E-state index contributed by atoms with van der Waals surface area (Å²) in [5.41, 5.74) is 0.497. The molecule has 148 valence electrons. The van der Waals surface area contributed by atoms with Crippen LogP contribution < -0.4 is 4.74 Å². The first kappa shape index (κ1) is 21.5. The Morgan fingerprint density at radius 2 is 1.63 bits per heavy atom. The number of phenols is 1. The Morgan fingerprint density at radius 1 is 1.00 bits per heavy atom. The quantitative estimate of drug-likeness (QED) is 0.674. The van der Waals surface area contributed by atoms with Crippen molar-refractivity contribution in [2.24, 2.45) is 0 Å². The van der Waals surface area contributed by atoms with Gasteiger partial charge in [0.2, 0.25) is 0 Å². The maximum Gasteiger partial charge on any atom is 0.119 e. The van der Waals surface area contributed by atoms with Crippen LogP contribution >= 0.6 is 12.4 Å². The molecule has 1 saturated heterocycles. The van der Waals surface area contributed by atoms with Crippen LogP contribution in [0.1, 0.15) is 18.4 Å². The smallest absolute Gasteiger partial charge is 0.119 e. The van der Waals surface area contributed by atoms with Gasteiger partial charge >= 0.3 is 0 Å². The van der Waals surface area contributed by atoms with Crippen LogP contribution in [0.3, 0.4) is 0 Å². The predicted molar refractivity (Wildman–Crippen MR) is 108 cm³/mol. The lowest BCUT2D eigenvalue weighted by Gasteiger charge is -2.39. The Balaban J connectivity index is 0.00000261. The van der Waals surface area contributed by atoms with Crippen LogP contribution in [0.4, 0.5) is 0 Å². The molecule has 0 bridgehead atoms. The zero-order chi connectivity index (χ0) is 18.4. The third-order valence-electron chi connectivity index (χ3n) is 4.91. The van der Waals surface area contributed by atoms with E-state index in [0.29, 0.717) is 31.6 Å². The lowest BCUT2D eigenvalue weighted by Crippen LogP contribution is -2.48. The van der Waals surface area contributed by atoms with E-state index in [1.165, 1.54) is 0 Å². The molecule has 1 heterocycles. The Bertz CT molecular complexity index is 672. The first-order valence-electron chi connectivity index (χ1n) is 9.11. The molecule has 5 nitrogen and oxygen atoms in total. The highest BCUT2D eigenvalue weighted by Gasteiger charge is 2.32. The van der Waals surface area contributed by atoms with Gasteiger partial charge in [-0.25, -0.2) is 0 Å². The minimum atomic E-state index is -0.661. The van der Waals surface area contributed by atoms with Crippen molar-refractivity contribution >= 4 is 12.4 Å². The molecule has 0 aliphatic carbocycles. The van der Waals surface area contributed by atoms with Crippen molar-refractivity contribution in [2.75, 3.05) is 26.2 Å². The number of phenolic OH excluding ortho intramolecular Hbond substituents is 1. The van der Waals surface area contributed by atoms with Crippen LogP contribution in [0, 0.1) is 0 Å². The predicted octanol–water partition coefficient (Wildman–Crippen LogP) is 2.62. The number of rotatable bonds is 7. The van der Waals surface area contributed by atoms with Gasteiger partial charge in [-0.3, -0.25) is 0 Å². The zero-order valence-corrected chi connectivity index (χ0v) is 16.1. The van der Waals surface area contributed by atoms with Crippen molar-refractivity contribution in [3.05, 3.63) is 60.2 Å². The summed E-state index contributed by atoms with van der Waals surface area (Å²) >= 11 is 0. The number of likely N-dealkylation sites (tertiary alicyclic amines) is 1. The molecule has 27 heavy (non-hydrogen) atoms. The van der Waals surface area contributed by atoms with E-state index in [4.69, 9.17) is 4.74 Å². The molecule has 2 aromatic rings. The van der Waals surface area contributed by atoms with Gasteiger partial charge < -0.3 is 25.0 Å². The molecule has 1 fully saturated rings. The average Bonchev–Trinajstić information content (AvgIpc) is 2.64. The molecule has 3 rings (SSSR count). The van der Waals surface area contributed by atoms with Crippen molar-refractivity contribution in [1.82, 2.24) is 4.90 Å². The van der Waals surface area contributed by atoms with Gasteiger partial charge in [0.25, 0.3) is 0 Å². The SMILES string of the molecule is Cl.Oc1ccc(OCC(O)CN2CCC(O)(Cc3ccccc3)CC2)cc1. The fourth-order valence-corrected chi connectivity index (χ4v) is 3.39. The number of ether oxygens (including phenoxy) is 1. The summed E-state index contributed by atoms with van der Waals surface area (Å²) in [6, 6.07) is 16.5. The summed E-state index contributed by atoms with van der Waals surface area (Å²) in [6.45, 7) is 2.26. The molecule has 1 aliphatic heterocycles. The summed E-state index contributed by atoms with van der Waals surface area (Å²) in [6.07, 6.45) is 1.49. The van der Waals surface area contributed by atoms with E-state index in [1.807, 2.05) is 18.2 Å². The number of nitrogens with zero attached hydrogens (tertiary/aromatic N) is 1. The largest absolute Gasteiger partial charge is 0.508 e. The molecule has 0 saturated carbocycles. The number of β-amino-alcohol motifs (C(OH)–C–C–N with tert-alkyl or cyclic N) is 1. The number of halogens is 1. The standard InChI is InChI=1S/C21H27NO4.ClH/c23-18-6-8-20(9-7-18)26-16-19(24)15-22-12-10-21(25,11-13-22)14-17-4-2-1-3-5-17;/h1-9,19,23-25H,10-16H2;1H. The van der Waals surface area contributed by atoms with Crippen LogP contribution in [0.15, 0.2) is 54.6 Å². The molecule has 6 heteroatoms. The highest BCUT2D eigenvalue weighted by atomic mass is 35.5. The van der Waals surface area contributed by atoms with Gasteiger partial charge in [-0.15, -0.1) is 12.4 Å². The number of aliphatic hydroxyl groups is 2. The minimum absolute atomic E-state index is 0. The summed E-state index contributed by atoms with van der Waals surface area (Å²) in [4.78, 5) is 2.17. The van der Waals surface area contributed by atoms with Gasteiger partial charge in [-0.2, -0.15) is 0 Å². The molecule has 1 atom stereocenters. The van der Waals surface area contributed by atoms with E-state index < -0.39 is 11.7 Å². The fraction of sp³-hybridized carbons (Fsp3) is 0.429. The number of aromatic hydroxyl groups is 1. The van der Waals surface area contributed by atoms with E-state index in [2.05, 4.69) is 17.0 Å². The first-order chi connectivity index (χ1) is 12.5. The molecule has 1 unspecified atom stereocenters. The van der Waals surface area contributed by atoms with E-state index in [1.54, 1.807) is 24.3 Å². The molecule has 3 N–H and O–H groups in total. The Labute approximate surface area is 166 Å². The van der Waals surface area contributed by atoms with Crippen LogP contribution in [-0.2, 0) is 6.42 Å². The van der Waals surface area contributed by atoms with Gasteiger partial charge in [0.1, 0.15) is 24.2 Å². The van der Waals surface area contributed by atoms with Crippen LogP contribution in [-0.4, -0.2) is 58.2 Å². The van der Waals surface area contributed by atoms with Crippen molar-refractivity contribution < 1.29 is 20.1 Å². The molecule has 0 spiro atoms. The molecule has 0 amide bonds. The normalized spacial score (nSPS) is 17.7. The molecular weight excluding hydrogens is 366 g/mol. The van der Waals surface area contributed by atoms with Crippen LogP contribution in [0.25, 0.3) is 0 Å². The zero-order valence-electron chi connectivity index (χ0n) is 15.3. The van der Waals surface area contributed by atoms with Crippen molar-refractivity contribution in [2.45, 2.75) is 31.0 Å². The highest BCUT2D eigenvalue weighted by Crippen LogP contribution is 2.26. The minimum Gasteiger partial charge on any atom is -0.508 e. The number of piperidine rings is 1. The molecule has 0 radical (unpaired) electrons. The summed E-state index contributed by atoms with van der Waals surface area (Å²) in [5, 5.41) is 30.3. The number of hydrogen-bond acceptors (Lipinski definition) is 5. The topological polar surface area (TPSA) is 73.2 Å². The summed E-state index contributed by atoms with van der Waals surface area (Å²) in [7, 11) is 0. The monoisotopic (exact) mass is 393 g/mol. The lowest BCUT2D eigenvalue weighted by molar-refractivity contribution is -0.0325. The fourth-order valence-electron chi connectivity index (χ4n) is 3.39. The summed E-state index contributed by atoms with van der Waals surface area (Å²) in [5.74, 6) is 0.812. The maximum atomic E-state index is 10.8. The maximum absolute atomic E-state index is 10.8. The van der Waals surface area contributed by atoms with Crippen LogP contribution in [0.5, 0.6) is 11.5 Å². The van der Waals surface area contributed by atoms with Gasteiger partial charge in [0, 0.05) is 26.1 Å². The Morgan fingerprint density at radius 3 is 2.26 bits per heavy atom. The Kier molecular flexibility index (Phi) is 7.92. The third-order valence-corrected chi connectivity index (χ3v) is 4.91.